The lowest BCUT2D eigenvalue weighted by molar-refractivity contribution is -0.709. The monoisotopic (exact) mass is 361 g/mol. The minimum Gasteiger partial charge on any atom is -0.415 e. The van der Waals surface area contributed by atoms with Crippen LogP contribution in [0.1, 0.15) is 30.2 Å². The van der Waals surface area contributed by atoms with Crippen LogP contribution in [0.25, 0.3) is 22.7 Å². The third-order valence-corrected chi connectivity index (χ3v) is 4.56. The molecule has 0 saturated heterocycles. The Bertz CT molecular complexity index is 1010. The normalized spacial score (nSPS) is 12.2. The molecule has 0 bridgehead atoms. The first kappa shape index (κ1) is 17.2. The van der Waals surface area contributed by atoms with E-state index in [1.165, 1.54) is 5.56 Å². The van der Waals surface area contributed by atoms with E-state index in [0.29, 0.717) is 35.8 Å². The van der Waals surface area contributed by atoms with Gasteiger partial charge in [-0.05, 0) is 13.8 Å². The predicted molar refractivity (Wildman–Crippen MR) is 100 cm³/mol. The van der Waals surface area contributed by atoms with Crippen LogP contribution in [0, 0.1) is 6.92 Å². The second-order valence-electron chi connectivity index (χ2n) is 6.47. The Labute approximate surface area is 157 Å². The highest BCUT2D eigenvalue weighted by atomic mass is 16.5. The van der Waals surface area contributed by atoms with E-state index >= 15 is 0 Å². The lowest BCUT2D eigenvalue weighted by atomic mass is 10.1. The fourth-order valence-corrected chi connectivity index (χ4v) is 3.02. The summed E-state index contributed by atoms with van der Waals surface area (Å²) in [4.78, 5) is 0. The van der Waals surface area contributed by atoms with Crippen molar-refractivity contribution in [3.63, 3.8) is 0 Å². The first-order valence-electron chi connectivity index (χ1n) is 8.95. The lowest BCUT2D eigenvalue weighted by Gasteiger charge is -2.08. The number of aromatic nitrogens is 3. The van der Waals surface area contributed by atoms with Crippen molar-refractivity contribution in [2.75, 3.05) is 0 Å². The van der Waals surface area contributed by atoms with Gasteiger partial charge in [-0.15, -0.1) is 10.2 Å². The Morgan fingerprint density at radius 3 is 2.41 bits per heavy atom. The van der Waals surface area contributed by atoms with Crippen LogP contribution < -0.4 is 5.32 Å². The molecular formula is C21H21N4O2+. The van der Waals surface area contributed by atoms with E-state index in [9.17, 15) is 0 Å². The third-order valence-electron chi connectivity index (χ3n) is 4.56. The van der Waals surface area contributed by atoms with Gasteiger partial charge in [-0.3, -0.25) is 0 Å². The Hall–Kier alpha value is -3.25. The van der Waals surface area contributed by atoms with Crippen LogP contribution in [0.4, 0.5) is 0 Å². The molecule has 2 aromatic carbocycles. The molecule has 27 heavy (non-hydrogen) atoms. The standard InChI is InChI=1S/C21H20N4O2/c1-14(16-9-5-3-6-10-16)22-13-18-23-24-21(26-18)19-15(2)27-25-20(19)17-11-7-4-8-12-17/h3-12,14,22H,13H2,1-2H3/p+1/t14-/m0/s1. The van der Waals surface area contributed by atoms with Crippen molar-refractivity contribution in [3.8, 4) is 22.7 Å². The van der Waals surface area contributed by atoms with Gasteiger partial charge in [0.2, 0.25) is 0 Å². The molecule has 136 valence electrons. The molecule has 2 heterocycles. The number of nitrogens with two attached hydrogens (primary N) is 1. The van der Waals surface area contributed by atoms with Gasteiger partial charge >= 0.3 is 0 Å². The Morgan fingerprint density at radius 2 is 1.67 bits per heavy atom. The van der Waals surface area contributed by atoms with E-state index in [4.69, 9.17) is 8.94 Å². The number of quaternary nitrogens is 1. The van der Waals surface area contributed by atoms with E-state index in [2.05, 4.69) is 39.7 Å². The quantitative estimate of drug-likeness (QED) is 0.568. The molecule has 6 heteroatoms. The van der Waals surface area contributed by atoms with Crippen molar-refractivity contribution in [3.05, 3.63) is 77.9 Å². The topological polar surface area (TPSA) is 81.6 Å². The molecule has 0 aliphatic heterocycles. The number of benzene rings is 2. The molecule has 0 spiro atoms. The largest absolute Gasteiger partial charge is 0.415 e. The van der Waals surface area contributed by atoms with Gasteiger partial charge in [0, 0.05) is 11.1 Å². The Balaban J connectivity index is 1.53. The second kappa shape index (κ2) is 7.55. The molecule has 0 fully saturated rings. The minimum atomic E-state index is 0.304. The highest BCUT2D eigenvalue weighted by Gasteiger charge is 2.22. The number of hydrogen-bond acceptors (Lipinski definition) is 5. The molecular weight excluding hydrogens is 340 g/mol. The molecule has 6 nitrogen and oxygen atoms in total. The molecule has 0 saturated carbocycles. The molecule has 0 unspecified atom stereocenters. The number of rotatable bonds is 6. The summed E-state index contributed by atoms with van der Waals surface area (Å²) in [5.41, 5.74) is 3.67. The highest BCUT2D eigenvalue weighted by Crippen LogP contribution is 2.33. The summed E-state index contributed by atoms with van der Waals surface area (Å²) in [6.07, 6.45) is 0. The van der Waals surface area contributed by atoms with Gasteiger partial charge in [0.1, 0.15) is 23.1 Å². The summed E-state index contributed by atoms with van der Waals surface area (Å²) in [5.74, 6) is 1.67. The first-order chi connectivity index (χ1) is 13.2. The molecule has 4 rings (SSSR count). The van der Waals surface area contributed by atoms with E-state index in [1.54, 1.807) is 0 Å². The zero-order valence-corrected chi connectivity index (χ0v) is 15.3. The molecule has 1 atom stereocenters. The smallest absolute Gasteiger partial charge is 0.271 e. The van der Waals surface area contributed by atoms with Crippen LogP contribution in [-0.2, 0) is 6.54 Å². The maximum atomic E-state index is 5.90. The number of nitrogens with zero attached hydrogens (tertiary/aromatic N) is 3. The fourth-order valence-electron chi connectivity index (χ4n) is 3.02. The van der Waals surface area contributed by atoms with E-state index in [0.717, 1.165) is 11.1 Å². The molecule has 0 amide bonds. The summed E-state index contributed by atoms with van der Waals surface area (Å²) < 4.78 is 11.3. The molecule has 2 N–H and O–H groups in total. The Morgan fingerprint density at radius 1 is 0.963 bits per heavy atom. The van der Waals surface area contributed by atoms with Gasteiger partial charge in [-0.25, -0.2) is 0 Å². The third kappa shape index (κ3) is 3.66. The maximum Gasteiger partial charge on any atom is 0.271 e. The van der Waals surface area contributed by atoms with Crippen molar-refractivity contribution in [2.24, 2.45) is 0 Å². The van der Waals surface area contributed by atoms with Crippen LogP contribution in [0.3, 0.4) is 0 Å². The van der Waals surface area contributed by atoms with Crippen LogP contribution in [0.15, 0.2) is 69.6 Å². The zero-order chi connectivity index (χ0) is 18.6. The van der Waals surface area contributed by atoms with Gasteiger partial charge in [-0.2, -0.15) is 0 Å². The maximum absolute atomic E-state index is 5.90. The first-order valence-corrected chi connectivity index (χ1v) is 8.95. The number of aryl methyl sites for hydroxylation is 1. The van der Waals surface area contributed by atoms with Gasteiger partial charge in [0.15, 0.2) is 6.54 Å². The average Bonchev–Trinajstić information content (AvgIpc) is 3.33. The lowest BCUT2D eigenvalue weighted by Crippen LogP contribution is -2.83. The van der Waals surface area contributed by atoms with Crippen molar-refractivity contribution < 1.29 is 14.3 Å². The predicted octanol–water partition coefficient (Wildman–Crippen LogP) is 3.52. The average molecular weight is 361 g/mol. The van der Waals surface area contributed by atoms with E-state index in [-0.39, 0.29) is 0 Å². The molecule has 0 aliphatic carbocycles. The summed E-state index contributed by atoms with van der Waals surface area (Å²) in [5, 5.41) is 14.8. The SMILES string of the molecule is Cc1onc(-c2ccccc2)c1-c1nnc(C[NH2+][C@@H](C)c2ccccc2)o1. The van der Waals surface area contributed by atoms with Crippen LogP contribution in [0.5, 0.6) is 0 Å². The van der Waals surface area contributed by atoms with Crippen molar-refractivity contribution in [1.82, 2.24) is 15.4 Å². The summed E-state index contributed by atoms with van der Waals surface area (Å²) in [7, 11) is 0. The summed E-state index contributed by atoms with van der Waals surface area (Å²) in [6, 6.07) is 20.5. The second-order valence-corrected chi connectivity index (χ2v) is 6.47. The Kier molecular flexibility index (Phi) is 4.80. The van der Waals surface area contributed by atoms with Gasteiger partial charge in [0.05, 0.1) is 0 Å². The minimum absolute atomic E-state index is 0.304. The van der Waals surface area contributed by atoms with Crippen LogP contribution >= 0.6 is 0 Å². The van der Waals surface area contributed by atoms with Gasteiger partial charge in [0.25, 0.3) is 11.8 Å². The van der Waals surface area contributed by atoms with Crippen molar-refractivity contribution in [1.29, 1.82) is 0 Å². The summed E-state index contributed by atoms with van der Waals surface area (Å²) in [6.45, 7) is 4.61. The summed E-state index contributed by atoms with van der Waals surface area (Å²) >= 11 is 0. The molecule has 0 radical (unpaired) electrons. The molecule has 4 aromatic rings. The highest BCUT2D eigenvalue weighted by molar-refractivity contribution is 5.77. The van der Waals surface area contributed by atoms with Crippen molar-refractivity contribution in [2.45, 2.75) is 26.4 Å². The zero-order valence-electron chi connectivity index (χ0n) is 15.3. The molecule has 2 aromatic heterocycles. The van der Waals surface area contributed by atoms with Crippen LogP contribution in [0.2, 0.25) is 0 Å². The number of hydrogen-bond donors (Lipinski definition) is 1. The van der Waals surface area contributed by atoms with Gasteiger partial charge < -0.3 is 14.3 Å². The van der Waals surface area contributed by atoms with Crippen molar-refractivity contribution >= 4 is 0 Å². The fraction of sp³-hybridized carbons (Fsp3) is 0.190. The van der Waals surface area contributed by atoms with Crippen LogP contribution in [-0.4, -0.2) is 15.4 Å². The van der Waals surface area contributed by atoms with E-state index < -0.39 is 0 Å². The van der Waals surface area contributed by atoms with E-state index in [1.807, 2.05) is 55.5 Å². The van der Waals surface area contributed by atoms with Gasteiger partial charge in [-0.1, -0.05) is 65.8 Å². The molecule has 0 aliphatic rings.